The van der Waals surface area contributed by atoms with Crippen molar-refractivity contribution in [1.82, 2.24) is 4.90 Å². The third kappa shape index (κ3) is 2.63. The highest BCUT2D eigenvalue weighted by molar-refractivity contribution is 5.69. The van der Waals surface area contributed by atoms with Crippen molar-refractivity contribution in [3.63, 3.8) is 0 Å². The number of anilines is 1. The van der Waals surface area contributed by atoms with Gasteiger partial charge in [-0.25, -0.2) is 4.79 Å². The number of ether oxygens (including phenoxy) is 1. The van der Waals surface area contributed by atoms with Crippen LogP contribution in [0.1, 0.15) is 5.56 Å². The fourth-order valence-corrected chi connectivity index (χ4v) is 2.57. The first kappa shape index (κ1) is 13.3. The van der Waals surface area contributed by atoms with Gasteiger partial charge in [0.2, 0.25) is 0 Å². The smallest absolute Gasteiger partial charge is 0.407 e. The van der Waals surface area contributed by atoms with Crippen LogP contribution in [0.4, 0.5) is 10.5 Å². The fourth-order valence-electron chi connectivity index (χ4n) is 2.57. The van der Waals surface area contributed by atoms with Gasteiger partial charge in [0.1, 0.15) is 12.4 Å². The molecular weight excluding hydrogens is 270 g/mol. The summed E-state index contributed by atoms with van der Waals surface area (Å²) in [4.78, 5) is 14.5. The number of benzene rings is 1. The maximum absolute atomic E-state index is 10.9. The normalized spacial score (nSPS) is 17.4. The first-order valence-electron chi connectivity index (χ1n) is 6.78. The van der Waals surface area contributed by atoms with Crippen LogP contribution in [0, 0.1) is 11.3 Å². The van der Waals surface area contributed by atoms with Crippen LogP contribution in [-0.4, -0.2) is 48.9 Å². The van der Waals surface area contributed by atoms with Crippen molar-refractivity contribution >= 4 is 17.9 Å². The summed E-state index contributed by atoms with van der Waals surface area (Å²) in [7, 11) is 0. The molecule has 1 saturated heterocycles. The highest BCUT2D eigenvalue weighted by Gasteiger charge is 2.21. The lowest BCUT2D eigenvalue weighted by Gasteiger charge is -2.35. The molecule has 0 saturated carbocycles. The van der Waals surface area contributed by atoms with Gasteiger partial charge >= 0.3 is 6.09 Å². The summed E-state index contributed by atoms with van der Waals surface area (Å²) < 4.78 is 5.60. The van der Waals surface area contributed by atoms with Crippen LogP contribution >= 0.6 is 0 Å². The minimum Gasteiger partial charge on any atom is -0.487 e. The van der Waals surface area contributed by atoms with Crippen LogP contribution in [0.25, 0.3) is 6.08 Å². The van der Waals surface area contributed by atoms with Crippen LogP contribution in [0.3, 0.4) is 0 Å². The lowest BCUT2D eigenvalue weighted by molar-refractivity contribution is 0.142. The Balaban J connectivity index is 1.76. The molecule has 0 unspecified atom stereocenters. The van der Waals surface area contributed by atoms with Crippen molar-refractivity contribution in [2.24, 2.45) is 0 Å². The number of carbonyl (C=O) groups is 1. The van der Waals surface area contributed by atoms with Crippen molar-refractivity contribution in [2.45, 2.75) is 0 Å². The Morgan fingerprint density at radius 2 is 2.05 bits per heavy atom. The number of piperazine rings is 1. The zero-order valence-electron chi connectivity index (χ0n) is 11.5. The Hall–Kier alpha value is -2.68. The molecule has 0 atom stereocenters. The van der Waals surface area contributed by atoms with E-state index in [1.165, 1.54) is 4.90 Å². The van der Waals surface area contributed by atoms with Gasteiger partial charge in [0.25, 0.3) is 0 Å². The quantitative estimate of drug-likeness (QED) is 0.851. The molecule has 0 spiro atoms. The average Bonchev–Trinajstić information content (AvgIpc) is 2.54. The van der Waals surface area contributed by atoms with Gasteiger partial charge in [-0.1, -0.05) is 0 Å². The molecule has 2 heterocycles. The standard InChI is InChI=1S/C15H15N3O3/c16-9-11-7-12-1-2-13(8-14(12)21-10-11)17-3-5-18(6-4-17)15(19)20/h1-2,7-8H,3-6,10H2,(H,19,20). The predicted molar refractivity (Wildman–Crippen MR) is 77.3 cm³/mol. The number of nitriles is 1. The van der Waals surface area contributed by atoms with E-state index in [9.17, 15) is 4.79 Å². The number of hydrogen-bond acceptors (Lipinski definition) is 4. The Morgan fingerprint density at radius 3 is 2.71 bits per heavy atom. The maximum Gasteiger partial charge on any atom is 0.407 e. The topological polar surface area (TPSA) is 76.8 Å². The van der Waals surface area contributed by atoms with Crippen LogP contribution < -0.4 is 9.64 Å². The Morgan fingerprint density at radius 1 is 1.29 bits per heavy atom. The van der Waals surface area contributed by atoms with Crippen LogP contribution in [0.5, 0.6) is 5.75 Å². The summed E-state index contributed by atoms with van der Waals surface area (Å²) in [6.45, 7) is 2.66. The second-order valence-electron chi connectivity index (χ2n) is 5.05. The average molecular weight is 285 g/mol. The molecular formula is C15H15N3O3. The van der Waals surface area contributed by atoms with Crippen molar-refractivity contribution in [1.29, 1.82) is 5.26 Å². The Bertz CT molecular complexity index is 640. The van der Waals surface area contributed by atoms with E-state index in [4.69, 9.17) is 15.1 Å². The van der Waals surface area contributed by atoms with E-state index >= 15 is 0 Å². The molecule has 1 amide bonds. The number of amides is 1. The van der Waals surface area contributed by atoms with Crippen molar-refractivity contribution in [2.75, 3.05) is 37.7 Å². The van der Waals surface area contributed by atoms with E-state index in [-0.39, 0.29) is 0 Å². The highest BCUT2D eigenvalue weighted by atomic mass is 16.5. The first-order valence-corrected chi connectivity index (χ1v) is 6.78. The summed E-state index contributed by atoms with van der Waals surface area (Å²) in [5.74, 6) is 0.771. The van der Waals surface area contributed by atoms with Crippen LogP contribution in [0.2, 0.25) is 0 Å². The zero-order valence-corrected chi connectivity index (χ0v) is 11.5. The summed E-state index contributed by atoms with van der Waals surface area (Å²) in [5.41, 5.74) is 2.55. The third-order valence-electron chi connectivity index (χ3n) is 3.77. The molecule has 6 nitrogen and oxygen atoms in total. The number of hydrogen-bond donors (Lipinski definition) is 1. The summed E-state index contributed by atoms with van der Waals surface area (Å²) in [6.07, 6.45) is 0.975. The molecule has 0 aliphatic carbocycles. The molecule has 0 aromatic heterocycles. The Kier molecular flexibility index (Phi) is 3.40. The van der Waals surface area contributed by atoms with Gasteiger partial charge in [-0.15, -0.1) is 0 Å². The van der Waals surface area contributed by atoms with E-state index in [1.807, 2.05) is 24.3 Å². The predicted octanol–water partition coefficient (Wildman–Crippen LogP) is 1.79. The van der Waals surface area contributed by atoms with Gasteiger partial charge in [-0.05, 0) is 18.2 Å². The third-order valence-corrected chi connectivity index (χ3v) is 3.77. The zero-order chi connectivity index (χ0) is 14.8. The van der Waals surface area contributed by atoms with Crippen molar-refractivity contribution in [3.05, 3.63) is 29.3 Å². The number of rotatable bonds is 1. The molecule has 21 heavy (non-hydrogen) atoms. The number of fused-ring (bicyclic) bond motifs is 1. The van der Waals surface area contributed by atoms with Gasteiger partial charge in [-0.3, -0.25) is 0 Å². The summed E-state index contributed by atoms with van der Waals surface area (Å²) >= 11 is 0. The minimum absolute atomic E-state index is 0.305. The van der Waals surface area contributed by atoms with Gasteiger partial charge < -0.3 is 19.6 Å². The number of nitrogens with zero attached hydrogens (tertiary/aromatic N) is 3. The van der Waals surface area contributed by atoms with Gasteiger partial charge in [-0.2, -0.15) is 5.26 Å². The van der Waals surface area contributed by atoms with E-state index in [0.717, 1.165) is 17.0 Å². The SMILES string of the molecule is N#CC1=Cc2ccc(N3CCN(C(=O)O)CC3)cc2OC1. The van der Waals surface area contributed by atoms with Gasteiger partial charge in [0, 0.05) is 43.5 Å². The lowest BCUT2D eigenvalue weighted by atomic mass is 10.1. The molecule has 1 aromatic rings. The molecule has 6 heteroatoms. The fraction of sp³-hybridized carbons (Fsp3) is 0.333. The highest BCUT2D eigenvalue weighted by Crippen LogP contribution is 2.31. The molecule has 1 N–H and O–H groups in total. The van der Waals surface area contributed by atoms with Crippen LogP contribution in [0.15, 0.2) is 23.8 Å². The van der Waals surface area contributed by atoms with E-state index in [2.05, 4.69) is 11.0 Å². The minimum atomic E-state index is -0.863. The second-order valence-corrected chi connectivity index (χ2v) is 5.05. The lowest BCUT2D eigenvalue weighted by Crippen LogP contribution is -2.48. The molecule has 3 rings (SSSR count). The second kappa shape index (κ2) is 5.37. The monoisotopic (exact) mass is 285 g/mol. The Labute approximate surface area is 122 Å². The molecule has 2 aliphatic rings. The van der Waals surface area contributed by atoms with Crippen molar-refractivity contribution in [3.8, 4) is 11.8 Å². The van der Waals surface area contributed by atoms with Gasteiger partial charge in [0.15, 0.2) is 0 Å². The largest absolute Gasteiger partial charge is 0.487 e. The molecule has 0 bridgehead atoms. The van der Waals surface area contributed by atoms with E-state index < -0.39 is 6.09 Å². The van der Waals surface area contributed by atoms with Crippen LogP contribution in [-0.2, 0) is 0 Å². The summed E-state index contributed by atoms with van der Waals surface area (Å²) in [6, 6.07) is 7.97. The maximum atomic E-state index is 10.9. The first-order chi connectivity index (χ1) is 10.2. The number of carboxylic acid groups (broad SMARTS) is 1. The molecule has 108 valence electrons. The molecule has 0 radical (unpaired) electrons. The van der Waals surface area contributed by atoms with Gasteiger partial charge in [0.05, 0.1) is 11.6 Å². The van der Waals surface area contributed by atoms with E-state index in [0.29, 0.717) is 38.4 Å². The van der Waals surface area contributed by atoms with Crippen molar-refractivity contribution < 1.29 is 14.6 Å². The summed E-state index contributed by atoms with van der Waals surface area (Å²) in [5, 5.41) is 17.8. The molecule has 2 aliphatic heterocycles. The molecule has 1 aromatic carbocycles. The molecule has 1 fully saturated rings. The van der Waals surface area contributed by atoms with E-state index in [1.54, 1.807) is 0 Å².